The van der Waals surface area contributed by atoms with Crippen LogP contribution in [-0.2, 0) is 0 Å². The highest BCUT2D eigenvalue weighted by Crippen LogP contribution is 1.94. The monoisotopic (exact) mass is 188 g/mol. The van der Waals surface area contributed by atoms with E-state index in [0.717, 1.165) is 13.1 Å². The third-order valence-corrected chi connectivity index (χ3v) is 1.25. The van der Waals surface area contributed by atoms with Crippen LogP contribution in [-0.4, -0.2) is 13.1 Å². The van der Waals surface area contributed by atoms with Gasteiger partial charge >= 0.3 is 0 Å². The van der Waals surface area contributed by atoms with Gasteiger partial charge in [-0.05, 0) is 25.7 Å². The van der Waals surface area contributed by atoms with Crippen molar-refractivity contribution in [2.45, 2.75) is 25.7 Å². The molecule has 0 bridgehead atoms. The number of hydrogen-bond donors (Lipinski definition) is 2. The van der Waals surface area contributed by atoms with Crippen molar-refractivity contribution in [3.05, 3.63) is 0 Å². The Labute approximate surface area is 75.5 Å². The van der Waals surface area contributed by atoms with E-state index in [1.807, 2.05) is 0 Å². The number of quaternary nitrogens is 2. The fourth-order valence-electron chi connectivity index (χ4n) is 0.707. The molecule has 0 aromatic carbocycles. The zero-order valence-electron chi connectivity index (χ0n) is 6.41. The summed E-state index contributed by atoms with van der Waals surface area (Å²) in [5.74, 6) is 0. The molecule has 0 aliphatic rings. The third kappa shape index (κ3) is 15.8. The summed E-state index contributed by atoms with van der Waals surface area (Å²) in [4.78, 5) is 0. The first kappa shape index (κ1) is 16.8. The second kappa shape index (κ2) is 16.2. The smallest absolute Gasteiger partial charge is 0.0739 e. The van der Waals surface area contributed by atoms with E-state index in [1.54, 1.807) is 0 Å². The molecule has 0 aliphatic carbocycles. The van der Waals surface area contributed by atoms with Gasteiger partial charge in [-0.25, -0.2) is 0 Å². The lowest BCUT2D eigenvalue weighted by atomic mass is 10.2. The van der Waals surface area contributed by atoms with Crippen LogP contribution in [0.3, 0.4) is 0 Å². The van der Waals surface area contributed by atoms with Crippen LogP contribution in [0.2, 0.25) is 0 Å². The highest BCUT2D eigenvalue weighted by Gasteiger charge is 1.86. The lowest BCUT2D eigenvalue weighted by Crippen LogP contribution is -3.00. The summed E-state index contributed by atoms with van der Waals surface area (Å²) in [6.45, 7) is 2.19. The van der Waals surface area contributed by atoms with Gasteiger partial charge in [0.05, 0.1) is 13.1 Å². The maximum atomic E-state index is 3.77. The molecular weight excluding hydrogens is 171 g/mol. The predicted octanol–water partition coefficient (Wildman–Crippen LogP) is -6.96. The molecule has 0 aromatic heterocycles. The molecule has 66 valence electrons. The molecule has 2 nitrogen and oxygen atoms in total. The van der Waals surface area contributed by atoms with Gasteiger partial charge in [-0.1, -0.05) is 0 Å². The van der Waals surface area contributed by atoms with Gasteiger partial charge in [-0.2, -0.15) is 0 Å². The molecular formula is C6H18Cl2N2. The quantitative estimate of drug-likeness (QED) is 0.404. The van der Waals surface area contributed by atoms with Gasteiger partial charge in [0.15, 0.2) is 0 Å². The average molecular weight is 189 g/mol. The molecule has 0 amide bonds. The zero-order chi connectivity index (χ0) is 6.24. The molecule has 0 fully saturated rings. The average Bonchev–Trinajstić information content (AvgIpc) is 1.81. The van der Waals surface area contributed by atoms with Crippen LogP contribution in [0.15, 0.2) is 0 Å². The minimum Gasteiger partial charge on any atom is -1.00 e. The minimum atomic E-state index is 0. The second-order valence-electron chi connectivity index (χ2n) is 2.12. The van der Waals surface area contributed by atoms with Gasteiger partial charge in [0, 0.05) is 0 Å². The highest BCUT2D eigenvalue weighted by molar-refractivity contribution is 4.38. The lowest BCUT2D eigenvalue weighted by Gasteiger charge is -1.91. The molecule has 0 saturated heterocycles. The van der Waals surface area contributed by atoms with Crippen molar-refractivity contribution in [3.8, 4) is 0 Å². The second-order valence-corrected chi connectivity index (χ2v) is 2.12. The number of halogens is 2. The van der Waals surface area contributed by atoms with Crippen LogP contribution in [0, 0.1) is 0 Å². The summed E-state index contributed by atoms with van der Waals surface area (Å²) in [6.07, 6.45) is 5.28. The summed E-state index contributed by atoms with van der Waals surface area (Å²) in [5, 5.41) is 0. The van der Waals surface area contributed by atoms with Crippen LogP contribution in [0.1, 0.15) is 25.7 Å². The normalized spacial score (nSPS) is 7.80. The van der Waals surface area contributed by atoms with Crippen LogP contribution in [0.4, 0.5) is 0 Å². The summed E-state index contributed by atoms with van der Waals surface area (Å²) >= 11 is 0. The molecule has 0 saturated carbocycles. The Morgan fingerprint density at radius 3 is 1.10 bits per heavy atom. The molecule has 0 heterocycles. The van der Waals surface area contributed by atoms with E-state index in [2.05, 4.69) is 11.5 Å². The van der Waals surface area contributed by atoms with Crippen molar-refractivity contribution in [1.29, 1.82) is 0 Å². The third-order valence-electron chi connectivity index (χ3n) is 1.25. The molecule has 0 atom stereocenters. The maximum Gasteiger partial charge on any atom is 0.0739 e. The van der Waals surface area contributed by atoms with Crippen molar-refractivity contribution >= 4 is 0 Å². The SMILES string of the molecule is [Cl-].[Cl-].[NH3+]CCCCCC[NH3+]. The van der Waals surface area contributed by atoms with E-state index in [1.165, 1.54) is 25.7 Å². The molecule has 0 aromatic rings. The lowest BCUT2D eigenvalue weighted by molar-refractivity contribution is -0.371. The first-order valence-corrected chi connectivity index (χ1v) is 3.50. The molecule has 0 spiro atoms. The largest absolute Gasteiger partial charge is 1.00 e. The predicted molar refractivity (Wildman–Crippen MR) is 34.0 cm³/mol. The van der Waals surface area contributed by atoms with Gasteiger partial charge in [0.2, 0.25) is 0 Å². The topological polar surface area (TPSA) is 55.3 Å². The Bertz CT molecular complexity index is 38.7. The van der Waals surface area contributed by atoms with E-state index < -0.39 is 0 Å². The Hall–Kier alpha value is 0.500. The molecule has 10 heavy (non-hydrogen) atoms. The van der Waals surface area contributed by atoms with Crippen molar-refractivity contribution in [1.82, 2.24) is 0 Å². The van der Waals surface area contributed by atoms with Gasteiger partial charge in [-0.15, -0.1) is 0 Å². The van der Waals surface area contributed by atoms with Gasteiger partial charge in [-0.3, -0.25) is 0 Å². The van der Waals surface area contributed by atoms with Crippen LogP contribution in [0.5, 0.6) is 0 Å². The van der Waals surface area contributed by atoms with Gasteiger partial charge in [0.25, 0.3) is 0 Å². The van der Waals surface area contributed by atoms with Crippen LogP contribution >= 0.6 is 0 Å². The first-order chi connectivity index (χ1) is 3.91. The van der Waals surface area contributed by atoms with E-state index in [-0.39, 0.29) is 24.8 Å². The summed E-state index contributed by atoms with van der Waals surface area (Å²) in [5.41, 5.74) is 7.54. The Balaban J connectivity index is -0.000000245. The zero-order valence-corrected chi connectivity index (χ0v) is 7.92. The van der Waals surface area contributed by atoms with Gasteiger partial charge < -0.3 is 36.3 Å². The number of hydrogen-bond acceptors (Lipinski definition) is 0. The Morgan fingerprint density at radius 2 is 0.900 bits per heavy atom. The maximum absolute atomic E-state index is 3.77. The van der Waals surface area contributed by atoms with Crippen molar-refractivity contribution < 1.29 is 36.3 Å². The fourth-order valence-corrected chi connectivity index (χ4v) is 0.707. The Morgan fingerprint density at radius 1 is 0.600 bits per heavy atom. The minimum absolute atomic E-state index is 0. The molecule has 0 unspecified atom stereocenters. The van der Waals surface area contributed by atoms with Crippen molar-refractivity contribution in [2.24, 2.45) is 0 Å². The van der Waals surface area contributed by atoms with E-state index >= 15 is 0 Å². The van der Waals surface area contributed by atoms with Crippen molar-refractivity contribution in [3.63, 3.8) is 0 Å². The van der Waals surface area contributed by atoms with Gasteiger partial charge in [0.1, 0.15) is 0 Å². The molecule has 4 heteroatoms. The van der Waals surface area contributed by atoms with E-state index in [9.17, 15) is 0 Å². The van der Waals surface area contributed by atoms with E-state index in [0.29, 0.717) is 0 Å². The summed E-state index contributed by atoms with van der Waals surface area (Å²) < 4.78 is 0. The molecule has 0 aliphatic heterocycles. The summed E-state index contributed by atoms with van der Waals surface area (Å²) in [7, 11) is 0. The number of rotatable bonds is 5. The molecule has 6 N–H and O–H groups in total. The van der Waals surface area contributed by atoms with Crippen LogP contribution < -0.4 is 36.3 Å². The number of unbranched alkanes of at least 4 members (excludes halogenated alkanes) is 3. The fraction of sp³-hybridized carbons (Fsp3) is 1.00. The standard InChI is InChI=1S/C6H16N2.2ClH/c7-5-3-1-2-4-6-8;;/h1-8H2;2*1H. The highest BCUT2D eigenvalue weighted by atomic mass is 35.5. The molecule has 0 rings (SSSR count). The summed E-state index contributed by atoms with van der Waals surface area (Å²) in [6, 6.07) is 0. The van der Waals surface area contributed by atoms with E-state index in [4.69, 9.17) is 0 Å². The first-order valence-electron chi connectivity index (χ1n) is 3.50. The van der Waals surface area contributed by atoms with Crippen molar-refractivity contribution in [2.75, 3.05) is 13.1 Å². The molecule has 0 radical (unpaired) electrons. The van der Waals surface area contributed by atoms with Crippen LogP contribution in [0.25, 0.3) is 0 Å². The Kier molecular flexibility index (Phi) is 27.4.